The second-order valence-electron chi connectivity index (χ2n) is 5.83. The molecule has 7 nitrogen and oxygen atoms in total. The Morgan fingerprint density at radius 2 is 1.81 bits per heavy atom. The molecular formula is C19H12ClN3O4. The first-order chi connectivity index (χ1) is 13.0. The van der Waals surface area contributed by atoms with Gasteiger partial charge in [-0.2, -0.15) is 4.68 Å². The van der Waals surface area contributed by atoms with Crippen molar-refractivity contribution in [2.75, 3.05) is 0 Å². The van der Waals surface area contributed by atoms with E-state index in [1.807, 2.05) is 12.1 Å². The normalized spacial score (nSPS) is 11.0. The number of rotatable bonds is 2. The Morgan fingerprint density at radius 3 is 2.59 bits per heavy atom. The molecule has 8 heteroatoms. The van der Waals surface area contributed by atoms with Gasteiger partial charge in [-0.25, -0.2) is 4.79 Å². The maximum Gasteiger partial charge on any atom is 0.439 e. The number of primary amides is 1. The first-order valence-corrected chi connectivity index (χ1v) is 8.27. The number of carbonyl (C=O) groups excluding carboxylic acids is 2. The van der Waals surface area contributed by atoms with Crippen LogP contribution in [0.15, 0.2) is 59.4 Å². The van der Waals surface area contributed by atoms with Gasteiger partial charge in [0.25, 0.3) is 11.5 Å². The van der Waals surface area contributed by atoms with Crippen LogP contribution in [0.5, 0.6) is 5.75 Å². The van der Waals surface area contributed by atoms with Crippen molar-refractivity contribution >= 4 is 45.3 Å². The Hall–Kier alpha value is -3.58. The molecule has 3 aromatic carbocycles. The minimum Gasteiger partial charge on any atom is -0.408 e. The molecule has 0 saturated carbocycles. The molecule has 4 aromatic rings. The number of ether oxygens (including phenoxy) is 1. The van der Waals surface area contributed by atoms with Gasteiger partial charge < -0.3 is 10.5 Å². The Labute approximate surface area is 156 Å². The summed E-state index contributed by atoms with van der Waals surface area (Å²) in [5.41, 5.74) is 5.38. The molecule has 0 aliphatic heterocycles. The number of hydrogen-bond acceptors (Lipinski definition) is 4. The molecule has 0 aliphatic carbocycles. The smallest absolute Gasteiger partial charge is 0.408 e. The number of nitrogens with zero attached hydrogens (tertiary/aromatic N) is 1. The number of nitrogens with one attached hydrogen (secondary N) is 1. The van der Waals surface area contributed by atoms with Gasteiger partial charge in [0.05, 0.1) is 16.5 Å². The number of benzene rings is 3. The van der Waals surface area contributed by atoms with Crippen molar-refractivity contribution in [3.8, 4) is 5.75 Å². The van der Waals surface area contributed by atoms with E-state index in [9.17, 15) is 14.4 Å². The zero-order valence-corrected chi connectivity index (χ0v) is 14.5. The molecule has 0 radical (unpaired) electrons. The van der Waals surface area contributed by atoms with Crippen molar-refractivity contribution in [2.45, 2.75) is 0 Å². The number of halogens is 1. The van der Waals surface area contributed by atoms with E-state index < -0.39 is 17.6 Å². The highest BCUT2D eigenvalue weighted by atomic mass is 35.5. The van der Waals surface area contributed by atoms with Crippen molar-refractivity contribution in [3.63, 3.8) is 0 Å². The number of nitrogens with two attached hydrogens (primary N) is 1. The van der Waals surface area contributed by atoms with Crippen LogP contribution >= 0.6 is 11.6 Å². The fourth-order valence-electron chi connectivity index (χ4n) is 2.98. The Balaban J connectivity index is 1.82. The number of H-pyrrole nitrogens is 1. The van der Waals surface area contributed by atoms with Gasteiger partial charge in [0, 0.05) is 5.02 Å². The van der Waals surface area contributed by atoms with E-state index in [-0.39, 0.29) is 22.2 Å². The summed E-state index contributed by atoms with van der Waals surface area (Å²) in [6, 6.07) is 14.8. The molecule has 1 amide bonds. The summed E-state index contributed by atoms with van der Waals surface area (Å²) in [7, 11) is 0. The fourth-order valence-corrected chi connectivity index (χ4v) is 3.14. The van der Waals surface area contributed by atoms with Crippen molar-refractivity contribution in [1.82, 2.24) is 9.78 Å². The SMILES string of the molecule is NC(=O)c1c(OC(=O)n2[nH]c(=O)c3ccc(Cl)cc32)ccc2ccccc12. The molecule has 27 heavy (non-hydrogen) atoms. The summed E-state index contributed by atoms with van der Waals surface area (Å²) in [6.45, 7) is 0. The van der Waals surface area contributed by atoms with Gasteiger partial charge >= 0.3 is 6.09 Å². The van der Waals surface area contributed by atoms with E-state index >= 15 is 0 Å². The molecule has 4 rings (SSSR count). The van der Waals surface area contributed by atoms with E-state index in [0.717, 1.165) is 10.1 Å². The second kappa shape index (κ2) is 6.30. The second-order valence-corrected chi connectivity index (χ2v) is 6.27. The molecule has 0 bridgehead atoms. The zero-order valence-electron chi connectivity index (χ0n) is 13.7. The molecular weight excluding hydrogens is 370 g/mol. The predicted molar refractivity (Wildman–Crippen MR) is 101 cm³/mol. The van der Waals surface area contributed by atoms with Gasteiger partial charge in [-0.3, -0.25) is 14.7 Å². The average Bonchev–Trinajstić information content (AvgIpc) is 2.97. The number of hydrogen-bond donors (Lipinski definition) is 2. The third-order valence-corrected chi connectivity index (χ3v) is 4.41. The van der Waals surface area contributed by atoms with E-state index in [2.05, 4.69) is 5.10 Å². The predicted octanol–water partition coefficient (Wildman–Crippen LogP) is 3.28. The summed E-state index contributed by atoms with van der Waals surface area (Å²) in [6.07, 6.45) is -0.901. The van der Waals surface area contributed by atoms with Crippen LogP contribution in [-0.4, -0.2) is 21.8 Å². The topological polar surface area (TPSA) is 107 Å². The van der Waals surface area contributed by atoms with Crippen LogP contribution < -0.4 is 16.0 Å². The van der Waals surface area contributed by atoms with Crippen LogP contribution in [0.1, 0.15) is 10.4 Å². The van der Waals surface area contributed by atoms with Crippen molar-refractivity contribution < 1.29 is 14.3 Å². The third kappa shape index (κ3) is 2.84. The monoisotopic (exact) mass is 381 g/mol. The molecule has 0 atom stereocenters. The fraction of sp³-hybridized carbons (Fsp3) is 0. The van der Waals surface area contributed by atoms with Crippen LogP contribution in [0.25, 0.3) is 21.7 Å². The largest absolute Gasteiger partial charge is 0.439 e. The summed E-state index contributed by atoms with van der Waals surface area (Å²) in [5, 5.41) is 4.37. The maximum absolute atomic E-state index is 12.6. The lowest BCUT2D eigenvalue weighted by Crippen LogP contribution is -2.22. The molecule has 0 fully saturated rings. The number of carbonyl (C=O) groups is 2. The first kappa shape index (κ1) is 16.9. The quantitative estimate of drug-likeness (QED) is 0.555. The third-order valence-electron chi connectivity index (χ3n) is 4.18. The lowest BCUT2D eigenvalue weighted by atomic mass is 10.0. The van der Waals surface area contributed by atoms with Crippen LogP contribution in [0.3, 0.4) is 0 Å². The first-order valence-electron chi connectivity index (χ1n) is 7.90. The Morgan fingerprint density at radius 1 is 1.04 bits per heavy atom. The number of amides is 1. The minimum absolute atomic E-state index is 0.00377. The lowest BCUT2D eigenvalue weighted by Gasteiger charge is -2.11. The summed E-state index contributed by atoms with van der Waals surface area (Å²) >= 11 is 5.95. The summed E-state index contributed by atoms with van der Waals surface area (Å²) in [4.78, 5) is 36.6. The zero-order chi connectivity index (χ0) is 19.1. The van der Waals surface area contributed by atoms with Crippen molar-refractivity contribution in [2.24, 2.45) is 5.73 Å². The minimum atomic E-state index is -0.901. The Kier molecular flexibility index (Phi) is 3.93. The average molecular weight is 382 g/mol. The summed E-state index contributed by atoms with van der Waals surface area (Å²) < 4.78 is 6.31. The molecule has 0 unspecified atom stereocenters. The molecule has 1 aromatic heterocycles. The highest BCUT2D eigenvalue weighted by Gasteiger charge is 2.20. The van der Waals surface area contributed by atoms with Crippen LogP contribution in [0.2, 0.25) is 5.02 Å². The van der Waals surface area contributed by atoms with Crippen LogP contribution in [0, 0.1) is 0 Å². The van der Waals surface area contributed by atoms with Gasteiger partial charge in [-0.15, -0.1) is 0 Å². The summed E-state index contributed by atoms with van der Waals surface area (Å²) in [5.74, 6) is -0.737. The molecule has 0 spiro atoms. The van der Waals surface area contributed by atoms with E-state index in [4.69, 9.17) is 22.1 Å². The maximum atomic E-state index is 12.6. The highest BCUT2D eigenvalue weighted by molar-refractivity contribution is 6.31. The van der Waals surface area contributed by atoms with Gasteiger partial charge in [-0.1, -0.05) is 41.9 Å². The molecule has 134 valence electrons. The van der Waals surface area contributed by atoms with Crippen LogP contribution in [0.4, 0.5) is 4.79 Å². The molecule has 0 saturated heterocycles. The lowest BCUT2D eigenvalue weighted by molar-refractivity contribution is 0.0999. The van der Waals surface area contributed by atoms with Crippen molar-refractivity contribution in [1.29, 1.82) is 0 Å². The highest BCUT2D eigenvalue weighted by Crippen LogP contribution is 2.28. The number of aromatic nitrogens is 2. The number of fused-ring (bicyclic) bond motifs is 2. The van der Waals surface area contributed by atoms with Gasteiger partial charge in [0.2, 0.25) is 0 Å². The van der Waals surface area contributed by atoms with Gasteiger partial charge in [-0.05, 0) is 35.0 Å². The van der Waals surface area contributed by atoms with Crippen LogP contribution in [-0.2, 0) is 0 Å². The van der Waals surface area contributed by atoms with Crippen molar-refractivity contribution in [3.05, 3.63) is 75.5 Å². The Bertz CT molecular complexity index is 1290. The van der Waals surface area contributed by atoms with E-state index in [0.29, 0.717) is 10.4 Å². The molecule has 3 N–H and O–H groups in total. The number of aromatic amines is 1. The molecule has 0 aliphatic rings. The van der Waals surface area contributed by atoms with Gasteiger partial charge in [0.15, 0.2) is 0 Å². The van der Waals surface area contributed by atoms with E-state index in [1.54, 1.807) is 24.3 Å². The van der Waals surface area contributed by atoms with Gasteiger partial charge in [0.1, 0.15) is 5.75 Å². The molecule has 1 heterocycles. The van der Waals surface area contributed by atoms with E-state index in [1.165, 1.54) is 18.2 Å². The standard InChI is InChI=1S/C19H12ClN3O4/c20-11-6-7-13-14(9-11)23(22-18(13)25)19(26)27-15-8-5-10-3-1-2-4-12(10)16(15)17(21)24/h1-9H,(H2,21,24)(H,22,25).